The third-order valence-corrected chi connectivity index (χ3v) is 9.93. The van der Waals surface area contributed by atoms with Crippen LogP contribution in [0.3, 0.4) is 0 Å². The molecular weight excluding hydrogens is 564 g/mol. The molecule has 12 heteroatoms. The summed E-state index contributed by atoms with van der Waals surface area (Å²) in [5.41, 5.74) is -8.15. The number of Topliss-reactive ketones (excluding diaryl/α,β-unsaturated/α-hetero) is 1. The van der Waals surface area contributed by atoms with Gasteiger partial charge >= 0.3 is 17.9 Å². The molecule has 0 amide bonds. The Hall–Kier alpha value is -3.16. The summed E-state index contributed by atoms with van der Waals surface area (Å²) in [6, 6.07) is 7.79. The first-order valence-corrected chi connectivity index (χ1v) is 14.1. The lowest BCUT2D eigenvalue weighted by Gasteiger charge is -2.63. The molecular formula is C31H40O12. The third kappa shape index (κ3) is 4.98. The zero-order valence-electron chi connectivity index (χ0n) is 25.1. The largest absolute Gasteiger partial charge is 0.459 e. The van der Waals surface area contributed by atoms with Crippen molar-refractivity contribution in [2.24, 2.45) is 16.7 Å². The molecule has 0 heterocycles. The number of hydrogen-bond acceptors (Lipinski definition) is 12. The number of carbonyl (C=O) groups is 4. The molecule has 2 bridgehead atoms. The maximum atomic E-state index is 14.6. The molecule has 0 unspecified atom stereocenters. The minimum atomic E-state index is -2.57. The van der Waals surface area contributed by atoms with E-state index in [0.717, 1.165) is 13.8 Å². The molecule has 2 fully saturated rings. The van der Waals surface area contributed by atoms with Crippen LogP contribution in [0.2, 0.25) is 0 Å². The molecule has 0 spiro atoms. The molecule has 236 valence electrons. The molecule has 9 atom stereocenters. The van der Waals surface area contributed by atoms with Crippen molar-refractivity contribution in [3.63, 3.8) is 0 Å². The van der Waals surface area contributed by atoms with Gasteiger partial charge in [-0.05, 0) is 37.1 Å². The van der Waals surface area contributed by atoms with Crippen molar-refractivity contribution in [1.29, 1.82) is 0 Å². The summed E-state index contributed by atoms with van der Waals surface area (Å²) in [6.07, 6.45) is -9.51. The molecule has 43 heavy (non-hydrogen) atoms. The van der Waals surface area contributed by atoms with E-state index in [1.807, 2.05) is 0 Å². The number of hydrogen-bond donors (Lipinski definition) is 5. The van der Waals surface area contributed by atoms with Crippen molar-refractivity contribution in [2.45, 2.75) is 96.1 Å². The smallest absolute Gasteiger partial charge is 0.338 e. The average molecular weight is 605 g/mol. The van der Waals surface area contributed by atoms with Crippen molar-refractivity contribution < 1.29 is 58.9 Å². The van der Waals surface area contributed by atoms with E-state index in [2.05, 4.69) is 0 Å². The maximum absolute atomic E-state index is 14.6. The fraction of sp³-hybridized carbons (Fsp3) is 0.613. The Morgan fingerprint density at radius 1 is 0.953 bits per heavy atom. The Morgan fingerprint density at radius 3 is 2.09 bits per heavy atom. The highest BCUT2D eigenvalue weighted by molar-refractivity contribution is 5.95. The van der Waals surface area contributed by atoms with E-state index in [1.54, 1.807) is 18.2 Å². The summed E-state index contributed by atoms with van der Waals surface area (Å²) < 4.78 is 16.4. The molecule has 3 aliphatic rings. The van der Waals surface area contributed by atoms with Crippen LogP contribution in [0.1, 0.15) is 64.7 Å². The number of rotatable bonds is 5. The number of aliphatic hydroxyl groups is 5. The van der Waals surface area contributed by atoms with Gasteiger partial charge in [0.2, 0.25) is 0 Å². The van der Waals surface area contributed by atoms with Crippen LogP contribution < -0.4 is 0 Å². The van der Waals surface area contributed by atoms with Crippen molar-refractivity contribution in [3.05, 3.63) is 47.0 Å². The summed E-state index contributed by atoms with van der Waals surface area (Å²) in [5.74, 6) is -5.41. The highest BCUT2D eigenvalue weighted by atomic mass is 16.6. The standard InChI is InChI=1S/C31H40O12/c1-15-19(34)13-31(40)26(37)24-29(6,25(36)23(43-17(3)33)22(15)28(31,4)5)20(35)12-21(42-16(2)32)30(24,39)14-41-27(38)18-10-8-7-9-11-18/h7-11,19-21,23-24,26,34-35,37,39-40H,12-14H2,1-6H3/t19-,20-,21-,23+,24-,26-,29+,30-,31+/m0/s1. The van der Waals surface area contributed by atoms with E-state index in [4.69, 9.17) is 14.2 Å². The number of benzene rings is 1. The second-order valence-corrected chi connectivity index (χ2v) is 12.7. The average Bonchev–Trinajstić information content (AvgIpc) is 2.92. The minimum Gasteiger partial charge on any atom is -0.459 e. The molecule has 0 aromatic heterocycles. The molecule has 3 aliphatic carbocycles. The zero-order chi connectivity index (χ0) is 32.3. The zero-order valence-corrected chi connectivity index (χ0v) is 25.1. The highest BCUT2D eigenvalue weighted by Gasteiger charge is 2.74. The van der Waals surface area contributed by atoms with Gasteiger partial charge in [-0.25, -0.2) is 4.79 Å². The maximum Gasteiger partial charge on any atom is 0.338 e. The number of fused-ring (bicyclic) bond motifs is 3. The van der Waals surface area contributed by atoms with Crippen LogP contribution >= 0.6 is 0 Å². The Morgan fingerprint density at radius 2 is 1.53 bits per heavy atom. The molecule has 0 saturated heterocycles. The van der Waals surface area contributed by atoms with Crippen LogP contribution in [-0.2, 0) is 28.6 Å². The Kier molecular flexibility index (Phi) is 8.44. The fourth-order valence-corrected chi connectivity index (χ4v) is 7.47. The predicted octanol–water partition coefficient (Wildman–Crippen LogP) is 0.607. The van der Waals surface area contributed by atoms with Crippen molar-refractivity contribution in [1.82, 2.24) is 0 Å². The SMILES string of the molecule is CC(=O)O[C@H]1C(=O)[C@@]2(C)[C@H]([C@H](O)[C@]3(O)C[C@H](O)C(C)=C1C3(C)C)[C@](O)(COC(=O)c1ccccc1)[C@@H](OC(C)=O)C[C@@H]2O. The topological polar surface area (TPSA) is 197 Å². The van der Waals surface area contributed by atoms with Gasteiger partial charge in [0.05, 0.1) is 29.3 Å². The fourth-order valence-electron chi connectivity index (χ4n) is 7.47. The van der Waals surface area contributed by atoms with E-state index in [1.165, 1.54) is 39.8 Å². The van der Waals surface area contributed by atoms with Crippen LogP contribution in [0.25, 0.3) is 0 Å². The third-order valence-electron chi connectivity index (χ3n) is 9.93. The van der Waals surface area contributed by atoms with Crippen LogP contribution in [-0.4, -0.2) is 97.6 Å². The second-order valence-electron chi connectivity index (χ2n) is 12.7. The molecule has 5 N–H and O–H groups in total. The van der Waals surface area contributed by atoms with Crippen molar-refractivity contribution >= 4 is 23.7 Å². The molecule has 2 saturated carbocycles. The van der Waals surface area contributed by atoms with Gasteiger partial charge in [0, 0.05) is 38.0 Å². The lowest BCUT2D eigenvalue weighted by molar-refractivity contribution is -0.288. The Bertz CT molecular complexity index is 1340. The second kappa shape index (κ2) is 11.1. The molecule has 0 aliphatic heterocycles. The Labute approximate surface area is 249 Å². The monoisotopic (exact) mass is 604 g/mol. The van der Waals surface area contributed by atoms with E-state index >= 15 is 0 Å². The summed E-state index contributed by atoms with van der Waals surface area (Å²) >= 11 is 0. The Balaban J connectivity index is 1.97. The first-order chi connectivity index (χ1) is 19.8. The normalized spacial score (nSPS) is 38.7. The number of aliphatic hydroxyl groups excluding tert-OH is 3. The molecule has 1 aromatic rings. The summed E-state index contributed by atoms with van der Waals surface area (Å²) in [4.78, 5) is 52.0. The van der Waals surface area contributed by atoms with Crippen LogP contribution in [0.4, 0.5) is 0 Å². The van der Waals surface area contributed by atoms with E-state index in [0.29, 0.717) is 0 Å². The van der Waals surface area contributed by atoms with Gasteiger partial charge in [-0.2, -0.15) is 0 Å². The van der Waals surface area contributed by atoms with Gasteiger partial charge in [0.25, 0.3) is 0 Å². The number of carbonyl (C=O) groups excluding carboxylic acids is 4. The van der Waals surface area contributed by atoms with E-state index < -0.39 is 102 Å². The van der Waals surface area contributed by atoms with Crippen LogP contribution in [0, 0.1) is 16.7 Å². The highest BCUT2D eigenvalue weighted by Crippen LogP contribution is 2.61. The lowest BCUT2D eigenvalue weighted by atomic mass is 9.45. The molecule has 12 nitrogen and oxygen atoms in total. The van der Waals surface area contributed by atoms with Crippen LogP contribution in [0.15, 0.2) is 41.5 Å². The van der Waals surface area contributed by atoms with Gasteiger partial charge in [0.1, 0.15) is 23.9 Å². The van der Waals surface area contributed by atoms with Gasteiger partial charge in [-0.3, -0.25) is 14.4 Å². The first-order valence-electron chi connectivity index (χ1n) is 14.1. The van der Waals surface area contributed by atoms with E-state index in [-0.39, 0.29) is 16.7 Å². The van der Waals surface area contributed by atoms with Crippen molar-refractivity contribution in [3.8, 4) is 0 Å². The quantitative estimate of drug-likeness (QED) is 0.179. The number of esters is 3. The predicted molar refractivity (Wildman–Crippen MR) is 148 cm³/mol. The molecule has 0 radical (unpaired) electrons. The van der Waals surface area contributed by atoms with Gasteiger partial charge < -0.3 is 39.7 Å². The summed E-state index contributed by atoms with van der Waals surface area (Å²) in [5, 5.41) is 59.5. The summed E-state index contributed by atoms with van der Waals surface area (Å²) in [7, 11) is 0. The van der Waals surface area contributed by atoms with E-state index in [9.17, 15) is 44.7 Å². The number of ether oxygens (including phenoxy) is 3. The van der Waals surface area contributed by atoms with Crippen molar-refractivity contribution in [2.75, 3.05) is 6.61 Å². The van der Waals surface area contributed by atoms with Gasteiger partial charge in [-0.1, -0.05) is 32.0 Å². The minimum absolute atomic E-state index is 0.0565. The van der Waals surface area contributed by atoms with Gasteiger partial charge in [0.15, 0.2) is 11.9 Å². The molecule has 4 rings (SSSR count). The summed E-state index contributed by atoms with van der Waals surface area (Å²) in [6.45, 7) is 6.99. The van der Waals surface area contributed by atoms with Gasteiger partial charge in [-0.15, -0.1) is 0 Å². The van der Waals surface area contributed by atoms with Crippen LogP contribution in [0.5, 0.6) is 0 Å². The molecule has 1 aromatic carbocycles. The number of ketones is 1. The first kappa shape index (κ1) is 32.7. The lowest BCUT2D eigenvalue weighted by Crippen LogP contribution is -2.77.